The van der Waals surface area contributed by atoms with Crippen LogP contribution in [0.4, 0.5) is 10.5 Å². The van der Waals surface area contributed by atoms with Crippen molar-refractivity contribution in [1.29, 1.82) is 0 Å². The lowest BCUT2D eigenvalue weighted by Gasteiger charge is -2.46. The summed E-state index contributed by atoms with van der Waals surface area (Å²) in [6.07, 6.45) is 0.728. The first kappa shape index (κ1) is 30.9. The van der Waals surface area contributed by atoms with E-state index in [-0.39, 0.29) is 53.8 Å². The molecule has 2 amide bonds. The number of hydrogen-bond acceptors (Lipinski definition) is 9. The third-order valence-corrected chi connectivity index (χ3v) is 9.77. The Morgan fingerprint density at radius 2 is 1.98 bits per heavy atom. The molecule has 0 radical (unpaired) electrons. The highest BCUT2D eigenvalue weighted by atomic mass is 127. The van der Waals surface area contributed by atoms with Gasteiger partial charge in [0, 0.05) is 23.6 Å². The number of carbonyl (C=O) groups excluding carboxylic acids is 3. The Hall–Kier alpha value is -3.02. The van der Waals surface area contributed by atoms with Gasteiger partial charge >= 0.3 is 12.0 Å². The van der Waals surface area contributed by atoms with Crippen LogP contribution in [0.2, 0.25) is 0 Å². The van der Waals surface area contributed by atoms with Gasteiger partial charge < -0.3 is 44.5 Å². The molecule has 0 spiro atoms. The molecule has 0 saturated carbocycles. The molecule has 3 aromatic rings. The molecule has 5 rings (SSSR count). The zero-order valence-corrected chi connectivity index (χ0v) is 26.4. The summed E-state index contributed by atoms with van der Waals surface area (Å²) in [7, 11) is 0. The summed E-state index contributed by atoms with van der Waals surface area (Å²) >= 11 is 2.87. The Balaban J connectivity index is 0.00000387. The molecule has 218 valence electrons. The number of aromatic nitrogens is 2. The van der Waals surface area contributed by atoms with E-state index in [4.69, 9.17) is 10.5 Å². The van der Waals surface area contributed by atoms with Crippen molar-refractivity contribution in [3.05, 3.63) is 62.5 Å². The number of nitro groups is 1. The van der Waals surface area contributed by atoms with Gasteiger partial charge in [0.15, 0.2) is 0 Å². The highest BCUT2D eigenvalue weighted by Crippen LogP contribution is 2.52. The van der Waals surface area contributed by atoms with Crippen molar-refractivity contribution in [1.82, 2.24) is 9.47 Å². The number of nitrogens with zero attached hydrogens (tertiary/aromatic N) is 4. The van der Waals surface area contributed by atoms with Gasteiger partial charge in [0.2, 0.25) is 15.8 Å². The number of nitrogens with two attached hydrogens (primary N) is 1. The highest BCUT2D eigenvalue weighted by molar-refractivity contribution is 7.99. The van der Waals surface area contributed by atoms with Gasteiger partial charge in [-0.25, -0.2) is 9.59 Å². The van der Waals surface area contributed by atoms with Crippen molar-refractivity contribution in [3.63, 3.8) is 0 Å². The van der Waals surface area contributed by atoms with Crippen LogP contribution < -0.4 is 34.1 Å². The second-order valence-electron chi connectivity index (χ2n) is 9.77. The van der Waals surface area contributed by atoms with Crippen LogP contribution in [0.3, 0.4) is 0 Å². The molecular formula is C26H28IN5O7S2. The van der Waals surface area contributed by atoms with E-state index in [2.05, 4.69) is 0 Å². The number of esters is 1. The number of primary amides is 1. The molecule has 2 aliphatic rings. The van der Waals surface area contributed by atoms with Crippen LogP contribution in [0.1, 0.15) is 36.9 Å². The Morgan fingerprint density at radius 1 is 1.32 bits per heavy atom. The first-order chi connectivity index (χ1) is 19.0. The lowest BCUT2D eigenvalue weighted by Crippen LogP contribution is -3.00. The van der Waals surface area contributed by atoms with E-state index >= 15 is 0 Å². The van der Waals surface area contributed by atoms with Crippen LogP contribution in [-0.4, -0.2) is 55.3 Å². The van der Waals surface area contributed by atoms with Crippen LogP contribution in [0.15, 0.2) is 41.3 Å². The fourth-order valence-corrected chi connectivity index (χ4v) is 7.87. The van der Waals surface area contributed by atoms with Crippen molar-refractivity contribution in [2.45, 2.75) is 51.5 Å². The van der Waals surface area contributed by atoms with Gasteiger partial charge in [-0.1, -0.05) is 36.9 Å². The van der Waals surface area contributed by atoms with E-state index in [1.165, 1.54) is 56.8 Å². The van der Waals surface area contributed by atoms with Gasteiger partial charge in [-0.15, -0.1) is 4.57 Å². The molecule has 3 N–H and O–H groups in total. The summed E-state index contributed by atoms with van der Waals surface area (Å²) in [4.78, 5) is 52.2. The van der Waals surface area contributed by atoms with Crippen molar-refractivity contribution in [2.75, 3.05) is 5.75 Å². The van der Waals surface area contributed by atoms with Gasteiger partial charge in [-0.05, 0) is 37.3 Å². The summed E-state index contributed by atoms with van der Waals surface area (Å²) in [5, 5.41) is 22.0. The van der Waals surface area contributed by atoms with Gasteiger partial charge in [-0.3, -0.25) is 14.9 Å². The minimum Gasteiger partial charge on any atom is -1.00 e. The van der Waals surface area contributed by atoms with E-state index in [0.29, 0.717) is 21.9 Å². The first-order valence-electron chi connectivity index (χ1n) is 12.6. The predicted molar refractivity (Wildman–Crippen MR) is 146 cm³/mol. The number of benzene rings is 1. The number of imidazole rings is 1. The Morgan fingerprint density at radius 3 is 2.54 bits per heavy atom. The number of rotatable bonds is 8. The lowest BCUT2D eigenvalue weighted by atomic mass is 9.77. The molecular weight excluding hydrogens is 685 g/mol. The monoisotopic (exact) mass is 713 g/mol. The van der Waals surface area contributed by atoms with Crippen LogP contribution in [-0.2, 0) is 20.9 Å². The standard InChI is InChI=1S/C26H27N5O7S2.HI/c1-5-39-23-24-28(11-29(23)26(27)35)13(3)21(40-24)17-12(2)19-18(14(4)32)22(33)30(19)20(17)25(34)38-10-15-6-8-16(9-7-15)31(36)37;/h6-9,11-12,14,18-19,32H,5,10H2,1-4H3,(H-,27,35);1H/t12-,14+,18+,19+;/m0./s1. The normalized spacial score (nSPS) is 20.5. The molecule has 0 unspecified atom stereocenters. The van der Waals surface area contributed by atoms with Crippen molar-refractivity contribution >= 4 is 57.1 Å². The zero-order chi connectivity index (χ0) is 29.0. The second-order valence-corrected chi connectivity index (χ2v) is 12.0. The predicted octanol–water partition coefficient (Wildman–Crippen LogP) is -0.140. The average Bonchev–Trinajstić information content (AvgIpc) is 3.50. The number of β-lactam (4-membered cyclic amide) rings is 1. The van der Waals surface area contributed by atoms with Gasteiger partial charge in [0.25, 0.3) is 12.0 Å². The quantitative estimate of drug-likeness (QED) is 0.0621. The fraction of sp³-hybridized carbons (Fsp3) is 0.385. The van der Waals surface area contributed by atoms with Crippen molar-refractivity contribution < 1.29 is 57.5 Å². The first-order valence-corrected chi connectivity index (χ1v) is 14.4. The van der Waals surface area contributed by atoms with Crippen molar-refractivity contribution in [2.24, 2.45) is 17.6 Å². The van der Waals surface area contributed by atoms with Gasteiger partial charge in [-0.2, -0.15) is 4.40 Å². The number of amides is 2. The van der Waals surface area contributed by atoms with Crippen LogP contribution >= 0.6 is 23.1 Å². The van der Waals surface area contributed by atoms with Gasteiger partial charge in [0.1, 0.15) is 18.0 Å². The molecule has 2 aromatic heterocycles. The van der Waals surface area contributed by atoms with E-state index < -0.39 is 35.0 Å². The molecule has 1 saturated heterocycles. The van der Waals surface area contributed by atoms with E-state index in [1.807, 2.05) is 25.2 Å². The van der Waals surface area contributed by atoms with Gasteiger partial charge in [0.05, 0.1) is 27.9 Å². The van der Waals surface area contributed by atoms with Crippen LogP contribution in [0, 0.1) is 28.9 Å². The number of carbonyl (C=O) groups is 3. The molecule has 15 heteroatoms. The number of fused-ring (bicyclic) bond motifs is 2. The number of ether oxygens (including phenoxy) is 1. The van der Waals surface area contributed by atoms with E-state index in [9.17, 15) is 29.6 Å². The third kappa shape index (κ3) is 5.02. The molecule has 4 atom stereocenters. The van der Waals surface area contributed by atoms with E-state index in [1.54, 1.807) is 13.3 Å². The molecule has 2 aliphatic heterocycles. The number of hydrogen-bond donors (Lipinski definition) is 2. The number of thiazole rings is 1. The molecule has 0 bridgehead atoms. The smallest absolute Gasteiger partial charge is 0.411 e. The highest BCUT2D eigenvalue weighted by Gasteiger charge is 2.60. The lowest BCUT2D eigenvalue weighted by molar-refractivity contribution is -0.515. The summed E-state index contributed by atoms with van der Waals surface area (Å²) < 4.78 is 8.87. The third-order valence-electron chi connectivity index (χ3n) is 7.39. The topological polar surface area (TPSA) is 162 Å². The molecule has 41 heavy (non-hydrogen) atoms. The number of aryl methyl sites for hydroxylation is 1. The minimum atomic E-state index is -0.893. The molecule has 0 aliphatic carbocycles. The van der Waals surface area contributed by atoms with E-state index in [0.717, 1.165) is 15.4 Å². The number of aliphatic hydroxyl groups is 1. The number of nitro benzene ring substituents is 1. The summed E-state index contributed by atoms with van der Waals surface area (Å²) in [5.74, 6) is -1.28. The summed E-state index contributed by atoms with van der Waals surface area (Å²) in [5.41, 5.74) is 7.61. The maximum atomic E-state index is 13.6. The maximum Gasteiger partial charge on any atom is 0.411 e. The Labute approximate surface area is 260 Å². The SMILES string of the molecule is CCSc1c2sc(C3=C(C(=O)OCc4ccc([N+](=O)[O-])cc4)N4C(=O)[C@H]([C@@H](C)O)[C@H]4[C@H]3C)c(C)[n+]2cn1C(N)=O.[I-]. The summed E-state index contributed by atoms with van der Waals surface area (Å²) in [6.45, 7) is 7.18. The number of non-ortho nitro benzene ring substituents is 1. The number of halogens is 1. The zero-order valence-electron chi connectivity index (χ0n) is 22.6. The van der Waals surface area contributed by atoms with Crippen molar-refractivity contribution in [3.8, 4) is 0 Å². The molecule has 4 heterocycles. The summed E-state index contributed by atoms with van der Waals surface area (Å²) in [6, 6.07) is 4.65. The minimum absolute atomic E-state index is 0. The number of aliphatic hydroxyl groups excluding tert-OH is 1. The maximum absolute atomic E-state index is 13.6. The average molecular weight is 714 g/mol. The van der Waals surface area contributed by atoms with Crippen LogP contribution in [0.5, 0.6) is 0 Å². The second kappa shape index (κ2) is 11.7. The fourth-order valence-electron chi connectivity index (χ4n) is 5.50. The molecule has 12 nitrogen and oxygen atoms in total. The Kier molecular flexibility index (Phi) is 8.82. The Bertz CT molecular complexity index is 1600. The van der Waals surface area contributed by atoms with Crippen LogP contribution in [0.25, 0.3) is 10.4 Å². The molecule has 1 fully saturated rings. The molecule has 1 aromatic carbocycles. The largest absolute Gasteiger partial charge is 1.00 e. The number of thioether (sulfide) groups is 1.